The Bertz CT molecular complexity index is 561. The van der Waals surface area contributed by atoms with Crippen LogP contribution in [0.25, 0.3) is 0 Å². The van der Waals surface area contributed by atoms with Crippen molar-refractivity contribution in [3.63, 3.8) is 0 Å². The number of rotatable bonds is 1. The van der Waals surface area contributed by atoms with Crippen LogP contribution in [0, 0.1) is 6.92 Å². The molecule has 0 unspecified atom stereocenters. The highest BCUT2D eigenvalue weighted by molar-refractivity contribution is 5.61. The van der Waals surface area contributed by atoms with E-state index >= 15 is 0 Å². The summed E-state index contributed by atoms with van der Waals surface area (Å²) in [6, 6.07) is 14.7. The molecule has 0 spiro atoms. The minimum atomic E-state index is 0.915. The lowest BCUT2D eigenvalue weighted by Gasteiger charge is -2.20. The number of fused-ring (bicyclic) bond motifs is 1. The van der Waals surface area contributed by atoms with Crippen molar-refractivity contribution in [2.45, 2.75) is 20.0 Å². The maximum atomic E-state index is 6.02. The quantitative estimate of drug-likeness (QED) is 0.754. The standard InChI is InChI=1S/C15H16N2/c1-11-5-2-3-8-15(11)17-9-12-6-4-7-14(16)13(12)10-17/h2-8H,9-10,16H2,1H3. The first-order chi connectivity index (χ1) is 8.25. The molecular formula is C15H16N2. The van der Waals surface area contributed by atoms with E-state index in [1.165, 1.54) is 22.4 Å². The summed E-state index contributed by atoms with van der Waals surface area (Å²) in [6.07, 6.45) is 0. The van der Waals surface area contributed by atoms with E-state index in [1.54, 1.807) is 0 Å². The molecule has 3 rings (SSSR count). The smallest absolute Gasteiger partial charge is 0.0457 e. The number of hydrogen-bond acceptors (Lipinski definition) is 2. The van der Waals surface area contributed by atoms with Crippen molar-refractivity contribution in [2.24, 2.45) is 0 Å². The summed E-state index contributed by atoms with van der Waals surface area (Å²) in [5, 5.41) is 0. The maximum absolute atomic E-state index is 6.02. The number of nitrogen functional groups attached to an aromatic ring is 1. The van der Waals surface area contributed by atoms with Crippen LogP contribution in [0.15, 0.2) is 42.5 Å². The van der Waals surface area contributed by atoms with Crippen LogP contribution in [-0.2, 0) is 13.1 Å². The van der Waals surface area contributed by atoms with Gasteiger partial charge in [0.15, 0.2) is 0 Å². The van der Waals surface area contributed by atoms with Gasteiger partial charge in [-0.25, -0.2) is 0 Å². The number of nitrogens with two attached hydrogens (primary N) is 1. The van der Waals surface area contributed by atoms with Gasteiger partial charge in [0.1, 0.15) is 0 Å². The molecule has 86 valence electrons. The third kappa shape index (κ3) is 1.66. The van der Waals surface area contributed by atoms with Gasteiger partial charge in [0.05, 0.1) is 0 Å². The lowest BCUT2D eigenvalue weighted by atomic mass is 10.1. The van der Waals surface area contributed by atoms with E-state index in [0.29, 0.717) is 0 Å². The number of hydrogen-bond donors (Lipinski definition) is 1. The zero-order valence-corrected chi connectivity index (χ0v) is 9.98. The molecule has 2 aromatic carbocycles. The fourth-order valence-corrected chi connectivity index (χ4v) is 2.54. The van der Waals surface area contributed by atoms with E-state index < -0.39 is 0 Å². The predicted molar refractivity (Wildman–Crippen MR) is 71.9 cm³/mol. The Balaban J connectivity index is 1.97. The molecule has 0 aromatic heterocycles. The van der Waals surface area contributed by atoms with E-state index in [9.17, 15) is 0 Å². The number of aryl methyl sites for hydroxylation is 1. The molecule has 17 heavy (non-hydrogen) atoms. The molecule has 2 aromatic rings. The molecule has 0 atom stereocenters. The first-order valence-corrected chi connectivity index (χ1v) is 5.92. The third-order valence-corrected chi connectivity index (χ3v) is 3.48. The van der Waals surface area contributed by atoms with Crippen LogP contribution in [0.4, 0.5) is 11.4 Å². The van der Waals surface area contributed by atoms with Crippen LogP contribution in [0.5, 0.6) is 0 Å². The number of nitrogens with zero attached hydrogens (tertiary/aromatic N) is 1. The second-order valence-corrected chi connectivity index (χ2v) is 4.63. The molecule has 2 nitrogen and oxygen atoms in total. The Morgan fingerprint density at radius 3 is 2.59 bits per heavy atom. The molecule has 0 amide bonds. The SMILES string of the molecule is Cc1ccccc1N1Cc2cccc(N)c2C1. The monoisotopic (exact) mass is 224 g/mol. The van der Waals surface area contributed by atoms with Crippen LogP contribution < -0.4 is 10.6 Å². The van der Waals surface area contributed by atoms with E-state index in [-0.39, 0.29) is 0 Å². The summed E-state index contributed by atoms with van der Waals surface area (Å²) < 4.78 is 0. The van der Waals surface area contributed by atoms with Gasteiger partial charge in [-0.2, -0.15) is 0 Å². The molecule has 1 aliphatic heterocycles. The van der Waals surface area contributed by atoms with Gasteiger partial charge in [0.25, 0.3) is 0 Å². The number of para-hydroxylation sites is 1. The fourth-order valence-electron chi connectivity index (χ4n) is 2.54. The van der Waals surface area contributed by atoms with Gasteiger partial charge in [-0.3, -0.25) is 0 Å². The zero-order chi connectivity index (χ0) is 11.8. The van der Waals surface area contributed by atoms with Crippen molar-refractivity contribution in [3.05, 3.63) is 59.2 Å². The topological polar surface area (TPSA) is 29.3 Å². The first kappa shape index (κ1) is 10.2. The molecule has 2 heteroatoms. The predicted octanol–water partition coefficient (Wildman–Crippen LogP) is 3.10. The highest BCUT2D eigenvalue weighted by Crippen LogP contribution is 2.32. The van der Waals surface area contributed by atoms with E-state index in [1.807, 2.05) is 12.1 Å². The summed E-state index contributed by atoms with van der Waals surface area (Å²) in [4.78, 5) is 2.39. The highest BCUT2D eigenvalue weighted by atomic mass is 15.1. The first-order valence-electron chi connectivity index (χ1n) is 5.92. The molecule has 1 aliphatic rings. The van der Waals surface area contributed by atoms with Crippen molar-refractivity contribution < 1.29 is 0 Å². The molecule has 1 heterocycles. The molecule has 0 saturated heterocycles. The largest absolute Gasteiger partial charge is 0.398 e. The van der Waals surface area contributed by atoms with Crippen LogP contribution in [0.2, 0.25) is 0 Å². The Kier molecular flexibility index (Phi) is 2.29. The van der Waals surface area contributed by atoms with Crippen molar-refractivity contribution >= 4 is 11.4 Å². The molecule has 2 N–H and O–H groups in total. The van der Waals surface area contributed by atoms with Crippen molar-refractivity contribution in [2.75, 3.05) is 10.6 Å². The summed E-state index contributed by atoms with van der Waals surface area (Å²) >= 11 is 0. The number of anilines is 2. The van der Waals surface area contributed by atoms with Gasteiger partial charge in [-0.1, -0.05) is 30.3 Å². The van der Waals surface area contributed by atoms with E-state index in [4.69, 9.17) is 5.73 Å². The van der Waals surface area contributed by atoms with Crippen molar-refractivity contribution in [1.29, 1.82) is 0 Å². The summed E-state index contributed by atoms with van der Waals surface area (Å²) in [5.74, 6) is 0. The van der Waals surface area contributed by atoms with Crippen molar-refractivity contribution in [3.8, 4) is 0 Å². The Morgan fingerprint density at radius 1 is 1.00 bits per heavy atom. The van der Waals surface area contributed by atoms with Crippen LogP contribution in [-0.4, -0.2) is 0 Å². The molecule has 0 aliphatic carbocycles. The third-order valence-electron chi connectivity index (χ3n) is 3.48. The average Bonchev–Trinajstić information content (AvgIpc) is 2.75. The van der Waals surface area contributed by atoms with E-state index in [0.717, 1.165) is 18.8 Å². The van der Waals surface area contributed by atoms with Crippen LogP contribution in [0.3, 0.4) is 0 Å². The van der Waals surface area contributed by atoms with E-state index in [2.05, 4.69) is 42.2 Å². The van der Waals surface area contributed by atoms with Crippen molar-refractivity contribution in [1.82, 2.24) is 0 Å². The number of benzene rings is 2. The molecular weight excluding hydrogens is 208 g/mol. The second-order valence-electron chi connectivity index (χ2n) is 4.63. The van der Waals surface area contributed by atoms with Crippen LogP contribution >= 0.6 is 0 Å². The Morgan fingerprint density at radius 2 is 1.82 bits per heavy atom. The lowest BCUT2D eigenvalue weighted by molar-refractivity contribution is 0.876. The minimum Gasteiger partial charge on any atom is -0.398 e. The Hall–Kier alpha value is -1.96. The maximum Gasteiger partial charge on any atom is 0.0457 e. The van der Waals surface area contributed by atoms with Gasteiger partial charge >= 0.3 is 0 Å². The van der Waals surface area contributed by atoms with Gasteiger partial charge in [-0.15, -0.1) is 0 Å². The zero-order valence-electron chi connectivity index (χ0n) is 9.98. The molecule has 0 bridgehead atoms. The second kappa shape index (κ2) is 3.81. The van der Waals surface area contributed by atoms with Gasteiger partial charge in [0.2, 0.25) is 0 Å². The van der Waals surface area contributed by atoms with Gasteiger partial charge in [-0.05, 0) is 35.7 Å². The fraction of sp³-hybridized carbons (Fsp3) is 0.200. The highest BCUT2D eigenvalue weighted by Gasteiger charge is 2.21. The lowest BCUT2D eigenvalue weighted by Crippen LogP contribution is -2.15. The minimum absolute atomic E-state index is 0.915. The summed E-state index contributed by atoms with van der Waals surface area (Å²) in [6.45, 7) is 4.04. The normalized spacial score (nSPS) is 13.8. The molecule has 0 radical (unpaired) electrons. The molecule has 0 fully saturated rings. The summed E-state index contributed by atoms with van der Waals surface area (Å²) in [7, 11) is 0. The summed E-state index contributed by atoms with van der Waals surface area (Å²) in [5.41, 5.74) is 12.2. The average molecular weight is 224 g/mol. The van der Waals surface area contributed by atoms with Gasteiger partial charge in [0, 0.05) is 24.5 Å². The Labute approximate surface area is 102 Å². The van der Waals surface area contributed by atoms with Crippen LogP contribution in [0.1, 0.15) is 16.7 Å². The van der Waals surface area contributed by atoms with Gasteiger partial charge < -0.3 is 10.6 Å². The molecule has 0 saturated carbocycles.